The van der Waals surface area contributed by atoms with Crippen molar-refractivity contribution < 1.29 is 4.79 Å². The van der Waals surface area contributed by atoms with Crippen LogP contribution in [0.25, 0.3) is 0 Å². The summed E-state index contributed by atoms with van der Waals surface area (Å²) in [4.78, 5) is 40.7. The van der Waals surface area contributed by atoms with E-state index in [9.17, 15) is 14.4 Å². The molecule has 7 heteroatoms. The number of hydrogen-bond acceptors (Lipinski definition) is 4. The number of aromatic nitrogens is 2. The summed E-state index contributed by atoms with van der Waals surface area (Å²) in [7, 11) is 0. The van der Waals surface area contributed by atoms with Crippen molar-refractivity contribution in [1.82, 2.24) is 9.55 Å². The zero-order valence-corrected chi connectivity index (χ0v) is 15.3. The summed E-state index contributed by atoms with van der Waals surface area (Å²) >= 11 is 0. The van der Waals surface area contributed by atoms with Gasteiger partial charge in [0.1, 0.15) is 5.82 Å². The number of unbranched alkanes of at least 4 members (excludes halogenated alkanes) is 1. The third kappa shape index (κ3) is 4.52. The number of carbonyl (C=O) groups is 1. The van der Waals surface area contributed by atoms with Crippen LogP contribution in [0.15, 0.2) is 9.59 Å². The van der Waals surface area contributed by atoms with Crippen molar-refractivity contribution in [3.63, 3.8) is 0 Å². The summed E-state index contributed by atoms with van der Waals surface area (Å²) in [5, 5.41) is 0. The first-order valence-corrected chi connectivity index (χ1v) is 9.42. The lowest BCUT2D eigenvalue weighted by Crippen LogP contribution is -2.41. The van der Waals surface area contributed by atoms with Crippen LogP contribution in [0, 0.1) is 5.92 Å². The number of carbonyl (C=O) groups excluding carboxylic acids is 1. The number of anilines is 2. The molecule has 1 aliphatic carbocycles. The second-order valence-corrected chi connectivity index (χ2v) is 6.83. The van der Waals surface area contributed by atoms with Crippen LogP contribution < -0.4 is 21.9 Å². The number of aromatic amines is 1. The first kappa shape index (κ1) is 19.3. The standard InChI is InChI=1S/C18H30N4O3/c1-3-5-12-22-16(19)15(17(24)20-18(22)25)21(4-2)14(23)11-10-13-8-6-7-9-13/h13H,3-12,19H2,1-2H3,(H,20,24,25). The number of H-pyrrole nitrogens is 1. The quantitative estimate of drug-likeness (QED) is 0.750. The van der Waals surface area contributed by atoms with Gasteiger partial charge in [-0.3, -0.25) is 19.1 Å². The van der Waals surface area contributed by atoms with Gasteiger partial charge < -0.3 is 10.6 Å². The third-order valence-corrected chi connectivity index (χ3v) is 5.08. The molecule has 0 radical (unpaired) electrons. The van der Waals surface area contributed by atoms with Gasteiger partial charge in [-0.15, -0.1) is 0 Å². The van der Waals surface area contributed by atoms with E-state index in [0.29, 0.717) is 25.4 Å². The average Bonchev–Trinajstić information content (AvgIpc) is 3.09. The maximum Gasteiger partial charge on any atom is 0.330 e. The molecule has 1 amide bonds. The molecule has 140 valence electrons. The largest absolute Gasteiger partial charge is 0.383 e. The highest BCUT2D eigenvalue weighted by atomic mass is 16.2. The first-order chi connectivity index (χ1) is 12.0. The molecule has 0 aliphatic heterocycles. The zero-order valence-electron chi connectivity index (χ0n) is 15.3. The monoisotopic (exact) mass is 350 g/mol. The molecular weight excluding hydrogens is 320 g/mol. The molecule has 0 bridgehead atoms. The summed E-state index contributed by atoms with van der Waals surface area (Å²) in [5.41, 5.74) is 5.10. The maximum atomic E-state index is 12.7. The molecule has 1 heterocycles. The molecule has 0 aromatic carbocycles. The van der Waals surface area contributed by atoms with Crippen LogP contribution in [0.2, 0.25) is 0 Å². The lowest BCUT2D eigenvalue weighted by Gasteiger charge is -2.23. The highest BCUT2D eigenvalue weighted by Crippen LogP contribution is 2.29. The summed E-state index contributed by atoms with van der Waals surface area (Å²) in [6, 6.07) is 0. The smallest absolute Gasteiger partial charge is 0.330 e. The molecule has 1 saturated carbocycles. The van der Waals surface area contributed by atoms with E-state index in [0.717, 1.165) is 19.3 Å². The minimum atomic E-state index is -0.591. The topological polar surface area (TPSA) is 101 Å². The molecular formula is C18H30N4O3. The molecule has 1 aliphatic rings. The molecule has 1 fully saturated rings. The Balaban J connectivity index is 2.24. The lowest BCUT2D eigenvalue weighted by molar-refractivity contribution is -0.118. The van der Waals surface area contributed by atoms with Gasteiger partial charge in [-0.1, -0.05) is 39.0 Å². The number of nitrogen functional groups attached to an aromatic ring is 1. The van der Waals surface area contributed by atoms with E-state index in [-0.39, 0.29) is 17.4 Å². The normalized spacial score (nSPS) is 14.8. The third-order valence-electron chi connectivity index (χ3n) is 5.08. The highest BCUT2D eigenvalue weighted by Gasteiger charge is 2.24. The molecule has 1 aromatic heterocycles. The Morgan fingerprint density at radius 1 is 1.28 bits per heavy atom. The SMILES string of the molecule is CCCCn1c(N)c(N(CC)C(=O)CCC2CCCC2)c(=O)[nH]c1=O. The molecule has 0 unspecified atom stereocenters. The number of nitrogens with zero attached hydrogens (tertiary/aromatic N) is 2. The number of hydrogen-bond donors (Lipinski definition) is 2. The van der Waals surface area contributed by atoms with Gasteiger partial charge in [-0.25, -0.2) is 4.79 Å². The Kier molecular flexibility index (Phi) is 6.84. The van der Waals surface area contributed by atoms with Crippen molar-refractivity contribution in [3.8, 4) is 0 Å². The van der Waals surface area contributed by atoms with Gasteiger partial charge in [0, 0.05) is 19.5 Å². The molecule has 25 heavy (non-hydrogen) atoms. The van der Waals surface area contributed by atoms with Gasteiger partial charge in [-0.05, 0) is 25.7 Å². The summed E-state index contributed by atoms with van der Waals surface area (Å²) < 4.78 is 1.35. The molecule has 0 atom stereocenters. The fourth-order valence-electron chi connectivity index (χ4n) is 3.60. The van der Waals surface area contributed by atoms with E-state index in [1.54, 1.807) is 0 Å². The molecule has 3 N–H and O–H groups in total. The maximum absolute atomic E-state index is 12.7. The highest BCUT2D eigenvalue weighted by molar-refractivity contribution is 5.95. The zero-order chi connectivity index (χ0) is 18.4. The lowest BCUT2D eigenvalue weighted by atomic mass is 10.0. The number of nitrogens with one attached hydrogen (secondary N) is 1. The fourth-order valence-corrected chi connectivity index (χ4v) is 3.60. The Bertz CT molecular complexity index is 701. The second kappa shape index (κ2) is 8.87. The van der Waals surface area contributed by atoms with Crippen LogP contribution in [0.4, 0.5) is 11.5 Å². The van der Waals surface area contributed by atoms with Crippen LogP contribution in [0.5, 0.6) is 0 Å². The molecule has 1 aromatic rings. The van der Waals surface area contributed by atoms with E-state index >= 15 is 0 Å². The fraction of sp³-hybridized carbons (Fsp3) is 0.722. The van der Waals surface area contributed by atoms with Crippen LogP contribution in [0.3, 0.4) is 0 Å². The Labute approximate surface area is 148 Å². The van der Waals surface area contributed by atoms with E-state index in [4.69, 9.17) is 5.73 Å². The predicted octanol–water partition coefficient (Wildman–Crippen LogP) is 2.24. The minimum absolute atomic E-state index is 0.0817. The number of amides is 1. The molecule has 7 nitrogen and oxygen atoms in total. The van der Waals surface area contributed by atoms with E-state index in [2.05, 4.69) is 4.98 Å². The van der Waals surface area contributed by atoms with Gasteiger partial charge in [0.25, 0.3) is 5.56 Å². The van der Waals surface area contributed by atoms with Crippen molar-refractivity contribution in [2.24, 2.45) is 5.92 Å². The van der Waals surface area contributed by atoms with Crippen molar-refractivity contribution in [2.75, 3.05) is 17.2 Å². The van der Waals surface area contributed by atoms with Crippen LogP contribution in [-0.2, 0) is 11.3 Å². The summed E-state index contributed by atoms with van der Waals surface area (Å²) in [5.74, 6) is 0.586. The summed E-state index contributed by atoms with van der Waals surface area (Å²) in [6.07, 6.45) is 7.79. The van der Waals surface area contributed by atoms with Crippen molar-refractivity contribution >= 4 is 17.4 Å². The Morgan fingerprint density at radius 2 is 1.96 bits per heavy atom. The Morgan fingerprint density at radius 3 is 2.56 bits per heavy atom. The van der Waals surface area contributed by atoms with Crippen molar-refractivity contribution in [2.45, 2.75) is 71.8 Å². The van der Waals surface area contributed by atoms with Gasteiger partial charge in [-0.2, -0.15) is 0 Å². The molecule has 0 saturated heterocycles. The average molecular weight is 350 g/mol. The number of nitrogens with two attached hydrogens (primary N) is 1. The van der Waals surface area contributed by atoms with Crippen molar-refractivity contribution in [3.05, 3.63) is 20.8 Å². The van der Waals surface area contributed by atoms with E-state index in [1.165, 1.54) is 35.2 Å². The summed E-state index contributed by atoms with van der Waals surface area (Å²) in [6.45, 7) is 4.61. The second-order valence-electron chi connectivity index (χ2n) is 6.83. The molecule has 2 rings (SSSR count). The van der Waals surface area contributed by atoms with Gasteiger partial charge in [0.05, 0.1) is 0 Å². The van der Waals surface area contributed by atoms with E-state index in [1.807, 2.05) is 13.8 Å². The Hall–Kier alpha value is -2.05. The van der Waals surface area contributed by atoms with Gasteiger partial charge in [0.2, 0.25) is 5.91 Å². The first-order valence-electron chi connectivity index (χ1n) is 9.42. The van der Waals surface area contributed by atoms with Gasteiger partial charge >= 0.3 is 5.69 Å². The van der Waals surface area contributed by atoms with E-state index < -0.39 is 11.2 Å². The molecule has 0 spiro atoms. The van der Waals surface area contributed by atoms with Crippen molar-refractivity contribution in [1.29, 1.82) is 0 Å². The van der Waals surface area contributed by atoms with Gasteiger partial charge in [0.15, 0.2) is 5.69 Å². The minimum Gasteiger partial charge on any atom is -0.383 e. The predicted molar refractivity (Wildman–Crippen MR) is 99.9 cm³/mol. The van der Waals surface area contributed by atoms with Crippen LogP contribution >= 0.6 is 0 Å². The van der Waals surface area contributed by atoms with Crippen LogP contribution in [0.1, 0.15) is 65.2 Å². The van der Waals surface area contributed by atoms with Crippen LogP contribution in [-0.4, -0.2) is 22.0 Å². The number of rotatable bonds is 8.